The van der Waals surface area contributed by atoms with Gasteiger partial charge in [-0.15, -0.1) is 0 Å². The number of nitrogens with zero attached hydrogens (tertiary/aromatic N) is 4. The van der Waals surface area contributed by atoms with E-state index in [1.165, 1.54) is 11.8 Å². The number of benzene rings is 3. The van der Waals surface area contributed by atoms with E-state index in [1.807, 2.05) is 60.9 Å². The van der Waals surface area contributed by atoms with Crippen LogP contribution in [0.15, 0.2) is 84.1 Å². The van der Waals surface area contributed by atoms with Gasteiger partial charge in [-0.2, -0.15) is 4.73 Å². The Morgan fingerprint density at radius 3 is 1.96 bits per heavy atom. The van der Waals surface area contributed by atoms with Crippen LogP contribution in [0.2, 0.25) is 46.3 Å². The molecule has 0 unspecified atom stereocenters. The average molecular weight is 854 g/mol. The highest BCUT2D eigenvalue weighted by Crippen LogP contribution is 2.43. The van der Waals surface area contributed by atoms with Gasteiger partial charge in [-0.3, -0.25) is 0 Å². The first-order valence-electron chi connectivity index (χ1n) is 18.6. The zero-order valence-corrected chi connectivity index (χ0v) is 38.6. The van der Waals surface area contributed by atoms with E-state index in [4.69, 9.17) is 51.5 Å². The van der Waals surface area contributed by atoms with Crippen molar-refractivity contribution in [3.63, 3.8) is 0 Å². The zero-order valence-electron chi connectivity index (χ0n) is 34.2. The van der Waals surface area contributed by atoms with Crippen molar-refractivity contribution >= 4 is 51.6 Å². The van der Waals surface area contributed by atoms with Gasteiger partial charge in [0.2, 0.25) is 0 Å². The molecule has 9 nitrogen and oxygen atoms in total. The lowest BCUT2D eigenvalue weighted by molar-refractivity contribution is 0.0706. The molecule has 5 aromatic rings. The summed E-state index contributed by atoms with van der Waals surface area (Å²) in [5.41, 5.74) is 3.34. The molecule has 0 radical (unpaired) electrons. The summed E-state index contributed by atoms with van der Waals surface area (Å²) in [6, 6.07) is 22.6. The maximum atomic E-state index is 11.9. The molecule has 0 amide bonds. The second-order valence-electron chi connectivity index (χ2n) is 16.8. The van der Waals surface area contributed by atoms with Crippen molar-refractivity contribution in [2.75, 3.05) is 19.5 Å². The summed E-state index contributed by atoms with van der Waals surface area (Å²) in [5.74, 6) is 1.23. The first-order chi connectivity index (χ1) is 26.2. The quantitative estimate of drug-likeness (QED) is 0.0477. The lowest BCUT2D eigenvalue weighted by Gasteiger charge is -2.39. The number of ether oxygens (including phenoxy) is 2. The van der Waals surface area contributed by atoms with Crippen LogP contribution in [0, 0.1) is 0 Å². The normalized spacial score (nSPS) is 12.7. The molecule has 3 aromatic carbocycles. The molecule has 0 fully saturated rings. The summed E-state index contributed by atoms with van der Waals surface area (Å²) in [7, 11) is -4.20. The highest BCUT2D eigenvalue weighted by atomic mass is 35.5. The maximum absolute atomic E-state index is 11.9. The summed E-state index contributed by atoms with van der Waals surface area (Å²) < 4.78 is 27.0. The second-order valence-corrected chi connectivity index (χ2v) is 28.0. The summed E-state index contributed by atoms with van der Waals surface area (Å²) in [5, 5.41) is 13.0. The van der Waals surface area contributed by atoms with Crippen LogP contribution in [0.3, 0.4) is 0 Å². The van der Waals surface area contributed by atoms with Gasteiger partial charge in [0, 0.05) is 11.8 Å². The summed E-state index contributed by atoms with van der Waals surface area (Å²) >= 11 is 15.5. The van der Waals surface area contributed by atoms with Crippen LogP contribution in [0.25, 0.3) is 34.0 Å². The van der Waals surface area contributed by atoms with Gasteiger partial charge in [-0.05, 0) is 78.4 Å². The van der Waals surface area contributed by atoms with E-state index in [0.29, 0.717) is 64.7 Å². The Hall–Kier alpha value is -3.37. The number of imidazole rings is 1. The maximum Gasteiger partial charge on any atom is 0.192 e. The van der Waals surface area contributed by atoms with Crippen molar-refractivity contribution in [1.29, 1.82) is 0 Å². The Kier molecular flexibility index (Phi) is 13.8. The molecule has 0 aliphatic carbocycles. The molecule has 300 valence electrons. The molecule has 0 saturated carbocycles. The number of rotatable bonds is 15. The molecule has 2 aromatic heterocycles. The van der Waals surface area contributed by atoms with Gasteiger partial charge in [-0.25, -0.2) is 15.0 Å². The zero-order chi connectivity index (χ0) is 41.1. The predicted molar refractivity (Wildman–Crippen MR) is 235 cm³/mol. The molecule has 0 aliphatic rings. The number of aromatic nitrogens is 4. The Bertz CT molecular complexity index is 2070. The lowest BCUT2D eigenvalue weighted by Crippen LogP contribution is -2.47. The summed E-state index contributed by atoms with van der Waals surface area (Å²) in [6.45, 7) is 23.2. The third kappa shape index (κ3) is 10.4. The van der Waals surface area contributed by atoms with Gasteiger partial charge < -0.3 is 23.5 Å². The van der Waals surface area contributed by atoms with Crippen LogP contribution < -0.4 is 9.47 Å². The number of halogens is 2. The molecule has 14 heteroatoms. The Morgan fingerprint density at radius 2 is 1.39 bits per heavy atom. The standard InChI is InChI=1S/C42H54Cl2N4O5SSi2/c1-41(2,3)55(8,9)51-26-32(27-52-56(10,11)42(4,5)6)53-31-23-33(43)36(34(44)24-31)39-47-37(38(48(39)49)35-20-21-45-40(46-35)54-7)29-18-15-19-30(22-29)50-25-28-16-13-12-14-17-28/h12-24,32,49H,25-27H2,1-11H3. The molecule has 2 heterocycles. The third-order valence-corrected chi connectivity index (χ3v) is 20.8. The topological polar surface area (TPSA) is 101 Å². The predicted octanol–water partition coefficient (Wildman–Crippen LogP) is 12.3. The first-order valence-corrected chi connectivity index (χ1v) is 26.4. The number of hydrogen-bond donors (Lipinski definition) is 1. The molecular formula is C42H54Cl2N4O5SSi2. The van der Waals surface area contributed by atoms with Crippen molar-refractivity contribution in [3.8, 4) is 45.5 Å². The summed E-state index contributed by atoms with van der Waals surface area (Å²) in [4.78, 5) is 14.0. The minimum Gasteiger partial charge on any atom is -0.489 e. The molecule has 1 N–H and O–H groups in total. The van der Waals surface area contributed by atoms with E-state index in [0.717, 1.165) is 10.3 Å². The molecule has 0 bridgehead atoms. The van der Waals surface area contributed by atoms with Gasteiger partial charge in [0.05, 0.1) is 34.5 Å². The summed E-state index contributed by atoms with van der Waals surface area (Å²) in [6.07, 6.45) is 3.12. The first kappa shape index (κ1) is 43.8. The Balaban J connectivity index is 1.52. The SMILES string of the molecule is CSc1nccc(-c2c(-c3cccc(OCc4ccccc4)c3)nc(-c3c(Cl)cc(OC(CO[Si](C)(C)C(C)(C)C)CO[Si](C)(C)C(C)(C)C)cc3Cl)n2O)n1. The monoisotopic (exact) mass is 852 g/mol. The van der Waals surface area contributed by atoms with Crippen molar-refractivity contribution < 1.29 is 23.5 Å². The molecule has 0 spiro atoms. The van der Waals surface area contributed by atoms with Gasteiger partial charge in [0.1, 0.15) is 35.6 Å². The van der Waals surface area contributed by atoms with Crippen LogP contribution in [-0.2, 0) is 15.5 Å². The van der Waals surface area contributed by atoms with Gasteiger partial charge in [0.25, 0.3) is 0 Å². The lowest BCUT2D eigenvalue weighted by atomic mass is 10.1. The Morgan fingerprint density at radius 1 is 0.786 bits per heavy atom. The number of hydrogen-bond acceptors (Lipinski definition) is 9. The molecule has 0 aliphatic heterocycles. The third-order valence-electron chi connectivity index (χ3n) is 10.7. The fourth-order valence-corrected chi connectivity index (χ4v) is 8.29. The average Bonchev–Trinajstić information content (AvgIpc) is 3.47. The smallest absolute Gasteiger partial charge is 0.192 e. The van der Waals surface area contributed by atoms with E-state index >= 15 is 0 Å². The van der Waals surface area contributed by atoms with E-state index in [-0.39, 0.29) is 25.9 Å². The minimum absolute atomic E-state index is 0.0231. The molecular weight excluding hydrogens is 800 g/mol. The van der Waals surface area contributed by atoms with Crippen LogP contribution >= 0.6 is 35.0 Å². The fraction of sp³-hybridized carbons (Fsp3) is 0.405. The van der Waals surface area contributed by atoms with Crippen molar-refractivity contribution in [1.82, 2.24) is 19.7 Å². The van der Waals surface area contributed by atoms with Crippen molar-refractivity contribution in [2.24, 2.45) is 0 Å². The molecule has 56 heavy (non-hydrogen) atoms. The highest BCUT2D eigenvalue weighted by molar-refractivity contribution is 7.98. The molecule has 0 saturated heterocycles. The van der Waals surface area contributed by atoms with Crippen LogP contribution in [0.1, 0.15) is 47.1 Å². The van der Waals surface area contributed by atoms with Gasteiger partial charge in [0.15, 0.2) is 27.6 Å². The van der Waals surface area contributed by atoms with E-state index in [9.17, 15) is 5.21 Å². The largest absolute Gasteiger partial charge is 0.489 e. The fourth-order valence-electron chi connectivity index (χ4n) is 5.23. The van der Waals surface area contributed by atoms with Crippen LogP contribution in [0.4, 0.5) is 0 Å². The minimum atomic E-state index is -2.10. The van der Waals surface area contributed by atoms with Gasteiger partial charge in [-0.1, -0.05) is 119 Å². The molecule has 0 atom stereocenters. The second kappa shape index (κ2) is 17.6. The van der Waals surface area contributed by atoms with Crippen LogP contribution in [0.5, 0.6) is 11.5 Å². The van der Waals surface area contributed by atoms with E-state index in [1.54, 1.807) is 24.4 Å². The number of thioether (sulfide) groups is 1. The van der Waals surface area contributed by atoms with Crippen LogP contribution in [-0.4, -0.2) is 67.1 Å². The van der Waals surface area contributed by atoms with E-state index < -0.39 is 22.7 Å². The van der Waals surface area contributed by atoms with Crippen molar-refractivity contribution in [2.45, 2.75) is 95.7 Å². The van der Waals surface area contributed by atoms with Crippen molar-refractivity contribution in [3.05, 3.63) is 94.6 Å². The van der Waals surface area contributed by atoms with Gasteiger partial charge >= 0.3 is 0 Å². The molecule has 5 rings (SSSR count). The highest BCUT2D eigenvalue weighted by Gasteiger charge is 2.40. The van der Waals surface area contributed by atoms with E-state index in [2.05, 4.69) is 72.7 Å². The Labute approximate surface area is 348 Å².